The highest BCUT2D eigenvalue weighted by molar-refractivity contribution is 4.89. The summed E-state index contributed by atoms with van der Waals surface area (Å²) in [5.41, 5.74) is 0. The molecule has 3 heteroatoms. The van der Waals surface area contributed by atoms with Crippen molar-refractivity contribution in [2.45, 2.75) is 26.3 Å². The third kappa shape index (κ3) is 3.16. The Hall–Kier alpha value is -0.120. The molecule has 2 heterocycles. The number of nitrogens with one attached hydrogen (secondary N) is 1. The molecule has 0 spiro atoms. The van der Waals surface area contributed by atoms with Gasteiger partial charge in [0, 0.05) is 45.3 Å². The van der Waals surface area contributed by atoms with Crippen LogP contribution in [0.4, 0.5) is 0 Å². The Balaban J connectivity index is 1.60. The summed E-state index contributed by atoms with van der Waals surface area (Å²) < 4.78 is 0. The van der Waals surface area contributed by atoms with Crippen LogP contribution >= 0.6 is 0 Å². The van der Waals surface area contributed by atoms with E-state index in [1.807, 2.05) is 0 Å². The molecule has 0 amide bonds. The highest BCUT2D eigenvalue weighted by Gasteiger charge is 2.31. The summed E-state index contributed by atoms with van der Waals surface area (Å²) in [6, 6.07) is 0.860. The average Bonchev–Trinajstić information content (AvgIpc) is 2.16. The number of nitrogens with zero attached hydrogens (tertiary/aromatic N) is 2. The molecule has 2 fully saturated rings. The molecule has 0 radical (unpaired) electrons. The molecule has 2 saturated heterocycles. The molecule has 15 heavy (non-hydrogen) atoms. The summed E-state index contributed by atoms with van der Waals surface area (Å²) in [7, 11) is 0. The van der Waals surface area contributed by atoms with Crippen LogP contribution in [0.2, 0.25) is 0 Å². The summed E-state index contributed by atoms with van der Waals surface area (Å²) in [5, 5.41) is 3.41. The second-order valence-corrected chi connectivity index (χ2v) is 5.38. The summed E-state index contributed by atoms with van der Waals surface area (Å²) in [4.78, 5) is 5.26. The topological polar surface area (TPSA) is 18.5 Å². The minimum absolute atomic E-state index is 0.850. The predicted octanol–water partition coefficient (Wildman–Crippen LogP) is 0.622. The lowest BCUT2D eigenvalue weighted by atomic mass is 10.0. The van der Waals surface area contributed by atoms with Gasteiger partial charge in [-0.05, 0) is 18.9 Å². The van der Waals surface area contributed by atoms with E-state index in [0.29, 0.717) is 0 Å². The van der Waals surface area contributed by atoms with Crippen LogP contribution in [0.5, 0.6) is 0 Å². The van der Waals surface area contributed by atoms with E-state index in [1.54, 1.807) is 0 Å². The molecule has 0 aliphatic carbocycles. The zero-order valence-corrected chi connectivity index (χ0v) is 10.2. The van der Waals surface area contributed by atoms with Crippen molar-refractivity contribution >= 4 is 0 Å². The van der Waals surface area contributed by atoms with Crippen molar-refractivity contribution in [3.63, 3.8) is 0 Å². The molecule has 0 aromatic heterocycles. The molecule has 2 aliphatic heterocycles. The largest absolute Gasteiger partial charge is 0.314 e. The standard InChI is InChI=1S/C12H25N3/c1-11(2)3-6-14-9-12(10-14)15-7-4-13-5-8-15/h11-13H,3-10H2,1-2H3. The van der Waals surface area contributed by atoms with Gasteiger partial charge in [-0.25, -0.2) is 0 Å². The Bertz CT molecular complexity index is 181. The third-order valence-corrected chi connectivity index (χ3v) is 3.63. The fourth-order valence-corrected chi connectivity index (χ4v) is 2.44. The Morgan fingerprint density at radius 2 is 1.87 bits per heavy atom. The lowest BCUT2D eigenvalue weighted by Gasteiger charge is -2.47. The van der Waals surface area contributed by atoms with Gasteiger partial charge >= 0.3 is 0 Å². The van der Waals surface area contributed by atoms with E-state index < -0.39 is 0 Å². The van der Waals surface area contributed by atoms with Crippen molar-refractivity contribution in [1.82, 2.24) is 15.1 Å². The molecule has 0 aromatic rings. The molecule has 2 aliphatic rings. The van der Waals surface area contributed by atoms with Crippen LogP contribution in [0.1, 0.15) is 20.3 Å². The van der Waals surface area contributed by atoms with Crippen molar-refractivity contribution in [3.05, 3.63) is 0 Å². The van der Waals surface area contributed by atoms with Crippen LogP contribution < -0.4 is 5.32 Å². The van der Waals surface area contributed by atoms with E-state index in [-0.39, 0.29) is 0 Å². The summed E-state index contributed by atoms with van der Waals surface area (Å²) >= 11 is 0. The zero-order chi connectivity index (χ0) is 10.7. The Morgan fingerprint density at radius 1 is 1.20 bits per heavy atom. The van der Waals surface area contributed by atoms with Gasteiger partial charge in [-0.3, -0.25) is 4.90 Å². The number of likely N-dealkylation sites (tertiary alicyclic amines) is 1. The van der Waals surface area contributed by atoms with E-state index in [2.05, 4.69) is 29.0 Å². The maximum Gasteiger partial charge on any atom is 0.0351 e. The fourth-order valence-electron chi connectivity index (χ4n) is 2.44. The first-order valence-corrected chi connectivity index (χ1v) is 6.43. The Morgan fingerprint density at radius 3 is 2.47 bits per heavy atom. The van der Waals surface area contributed by atoms with Crippen molar-refractivity contribution in [2.75, 3.05) is 45.8 Å². The summed E-state index contributed by atoms with van der Waals surface area (Å²) in [6.45, 7) is 13.4. The maximum absolute atomic E-state index is 3.41. The molecule has 3 nitrogen and oxygen atoms in total. The fraction of sp³-hybridized carbons (Fsp3) is 1.00. The van der Waals surface area contributed by atoms with Gasteiger partial charge in [0.15, 0.2) is 0 Å². The normalized spacial score (nSPS) is 25.8. The number of hydrogen-bond donors (Lipinski definition) is 1. The van der Waals surface area contributed by atoms with Gasteiger partial charge in [0.25, 0.3) is 0 Å². The van der Waals surface area contributed by atoms with Crippen LogP contribution in [0.25, 0.3) is 0 Å². The number of hydrogen-bond acceptors (Lipinski definition) is 3. The first-order valence-electron chi connectivity index (χ1n) is 6.43. The molecular formula is C12H25N3. The zero-order valence-electron chi connectivity index (χ0n) is 10.2. The summed E-state index contributed by atoms with van der Waals surface area (Å²) in [6.07, 6.45) is 1.36. The van der Waals surface area contributed by atoms with E-state index in [0.717, 1.165) is 12.0 Å². The van der Waals surface area contributed by atoms with E-state index in [9.17, 15) is 0 Å². The van der Waals surface area contributed by atoms with Crippen LogP contribution in [0.3, 0.4) is 0 Å². The molecule has 0 unspecified atom stereocenters. The molecule has 1 N–H and O–H groups in total. The highest BCUT2D eigenvalue weighted by atomic mass is 15.3. The maximum atomic E-state index is 3.41. The monoisotopic (exact) mass is 211 g/mol. The minimum Gasteiger partial charge on any atom is -0.314 e. The number of piperazine rings is 1. The van der Waals surface area contributed by atoms with Crippen LogP contribution in [-0.4, -0.2) is 61.7 Å². The quantitative estimate of drug-likeness (QED) is 0.735. The molecular weight excluding hydrogens is 186 g/mol. The van der Waals surface area contributed by atoms with Gasteiger partial charge in [-0.15, -0.1) is 0 Å². The van der Waals surface area contributed by atoms with Crippen molar-refractivity contribution in [2.24, 2.45) is 5.92 Å². The second-order valence-electron chi connectivity index (χ2n) is 5.38. The molecule has 2 rings (SSSR count). The van der Waals surface area contributed by atoms with Crippen molar-refractivity contribution < 1.29 is 0 Å². The lowest BCUT2D eigenvalue weighted by molar-refractivity contribution is 0.0249. The van der Waals surface area contributed by atoms with Gasteiger partial charge < -0.3 is 10.2 Å². The van der Waals surface area contributed by atoms with E-state index in [4.69, 9.17) is 0 Å². The van der Waals surface area contributed by atoms with E-state index in [1.165, 1.54) is 52.2 Å². The van der Waals surface area contributed by atoms with Crippen LogP contribution in [-0.2, 0) is 0 Å². The second kappa shape index (κ2) is 5.28. The van der Waals surface area contributed by atoms with E-state index >= 15 is 0 Å². The first kappa shape index (κ1) is 11.4. The molecule has 88 valence electrons. The van der Waals surface area contributed by atoms with Gasteiger partial charge in [0.1, 0.15) is 0 Å². The Kier molecular flexibility index (Phi) is 4.00. The third-order valence-electron chi connectivity index (χ3n) is 3.63. The SMILES string of the molecule is CC(C)CCN1CC(N2CCNCC2)C1. The Labute approximate surface area is 93.8 Å². The van der Waals surface area contributed by atoms with Crippen molar-refractivity contribution in [1.29, 1.82) is 0 Å². The minimum atomic E-state index is 0.850. The molecule has 0 aromatic carbocycles. The smallest absolute Gasteiger partial charge is 0.0351 e. The first-order chi connectivity index (χ1) is 7.25. The highest BCUT2D eigenvalue weighted by Crippen LogP contribution is 2.16. The van der Waals surface area contributed by atoms with Crippen LogP contribution in [0.15, 0.2) is 0 Å². The van der Waals surface area contributed by atoms with Gasteiger partial charge in [-0.1, -0.05) is 13.8 Å². The van der Waals surface area contributed by atoms with Gasteiger partial charge in [0.2, 0.25) is 0 Å². The lowest BCUT2D eigenvalue weighted by Crippen LogP contribution is -2.62. The average molecular weight is 211 g/mol. The predicted molar refractivity (Wildman–Crippen MR) is 64.1 cm³/mol. The van der Waals surface area contributed by atoms with Crippen molar-refractivity contribution in [3.8, 4) is 0 Å². The molecule has 0 saturated carbocycles. The molecule has 0 atom stereocenters. The number of rotatable bonds is 4. The van der Waals surface area contributed by atoms with Crippen LogP contribution in [0, 0.1) is 5.92 Å². The summed E-state index contributed by atoms with van der Waals surface area (Å²) in [5.74, 6) is 0.850. The molecule has 0 bridgehead atoms. The van der Waals surface area contributed by atoms with Gasteiger partial charge in [0.05, 0.1) is 0 Å². The van der Waals surface area contributed by atoms with Gasteiger partial charge in [-0.2, -0.15) is 0 Å².